The molecule has 1 aliphatic rings. The molecule has 114 valence electrons. The molecule has 3 rings (SSSR count). The van der Waals surface area contributed by atoms with Crippen LogP contribution in [0.25, 0.3) is 11.4 Å². The van der Waals surface area contributed by atoms with Crippen molar-refractivity contribution < 1.29 is 4.39 Å². The van der Waals surface area contributed by atoms with Gasteiger partial charge in [-0.05, 0) is 37.8 Å². The van der Waals surface area contributed by atoms with E-state index in [1.165, 1.54) is 6.07 Å². The Morgan fingerprint density at radius 3 is 2.82 bits per heavy atom. The maximum atomic E-state index is 14.0. The van der Waals surface area contributed by atoms with Crippen molar-refractivity contribution >= 4 is 11.8 Å². The van der Waals surface area contributed by atoms with Crippen molar-refractivity contribution in [3.8, 4) is 17.5 Å². The third kappa shape index (κ3) is 3.30. The van der Waals surface area contributed by atoms with E-state index in [2.05, 4.69) is 20.8 Å². The molecular weight excluding hydrogens is 299 g/mol. The van der Waals surface area contributed by atoms with E-state index in [9.17, 15) is 4.39 Å². The average molecular weight is 316 g/mol. The van der Waals surface area contributed by atoms with Gasteiger partial charge in [-0.2, -0.15) is 5.26 Å². The minimum absolute atomic E-state index is 0.262. The molecule has 0 amide bonds. The summed E-state index contributed by atoms with van der Waals surface area (Å²) in [6.07, 6.45) is 4.67. The highest BCUT2D eigenvalue weighted by molar-refractivity contribution is 7.99. The number of nitriles is 1. The minimum atomic E-state index is -0.262. The Morgan fingerprint density at radius 1 is 1.27 bits per heavy atom. The lowest BCUT2D eigenvalue weighted by Crippen LogP contribution is -2.01. The molecule has 6 heteroatoms. The molecule has 1 aromatic carbocycles. The van der Waals surface area contributed by atoms with Gasteiger partial charge in [0, 0.05) is 18.2 Å². The Labute approximate surface area is 133 Å². The van der Waals surface area contributed by atoms with Crippen LogP contribution < -0.4 is 0 Å². The highest BCUT2D eigenvalue weighted by atomic mass is 32.2. The molecule has 0 aliphatic heterocycles. The Hall–Kier alpha value is -1.87. The summed E-state index contributed by atoms with van der Waals surface area (Å²) in [6, 6.07) is 9.25. The summed E-state index contributed by atoms with van der Waals surface area (Å²) in [7, 11) is 0. The summed E-state index contributed by atoms with van der Waals surface area (Å²) < 4.78 is 16.1. The van der Waals surface area contributed by atoms with Gasteiger partial charge in [-0.25, -0.2) is 4.39 Å². The summed E-state index contributed by atoms with van der Waals surface area (Å²) >= 11 is 1.64. The van der Waals surface area contributed by atoms with Crippen LogP contribution in [0.3, 0.4) is 0 Å². The molecule has 1 aliphatic carbocycles. The second-order valence-corrected chi connectivity index (χ2v) is 6.41. The number of halogens is 1. The maximum absolute atomic E-state index is 14.0. The van der Waals surface area contributed by atoms with E-state index in [0.717, 1.165) is 36.6 Å². The number of rotatable bonds is 7. The van der Waals surface area contributed by atoms with E-state index < -0.39 is 0 Å². The Balaban J connectivity index is 1.78. The van der Waals surface area contributed by atoms with Crippen molar-refractivity contribution in [3.63, 3.8) is 0 Å². The molecule has 2 aromatic rings. The van der Waals surface area contributed by atoms with Crippen molar-refractivity contribution in [3.05, 3.63) is 30.1 Å². The minimum Gasteiger partial charge on any atom is -0.299 e. The van der Waals surface area contributed by atoms with E-state index in [-0.39, 0.29) is 5.82 Å². The van der Waals surface area contributed by atoms with E-state index in [4.69, 9.17) is 5.26 Å². The standard InChI is InChI=1S/C16H17FN4S/c17-14-7-3-2-6-13(14)15-19-20-16(21(15)12-8-9-12)22-11-5-1-4-10-18/h2-3,6-7,12H,1,4-5,8-9,11H2. The van der Waals surface area contributed by atoms with Crippen molar-refractivity contribution in [1.82, 2.24) is 14.8 Å². The van der Waals surface area contributed by atoms with Gasteiger partial charge in [0.05, 0.1) is 11.6 Å². The number of benzene rings is 1. The van der Waals surface area contributed by atoms with Crippen LogP contribution in [0.1, 0.15) is 38.1 Å². The van der Waals surface area contributed by atoms with Crippen LogP contribution >= 0.6 is 11.8 Å². The molecule has 0 atom stereocenters. The molecule has 0 bridgehead atoms. The fraction of sp³-hybridized carbons (Fsp3) is 0.438. The largest absolute Gasteiger partial charge is 0.299 e. The third-order valence-corrected chi connectivity index (χ3v) is 4.63. The van der Waals surface area contributed by atoms with Gasteiger partial charge in [-0.1, -0.05) is 23.9 Å². The number of thioether (sulfide) groups is 1. The van der Waals surface area contributed by atoms with Crippen LogP contribution in [0, 0.1) is 17.1 Å². The van der Waals surface area contributed by atoms with Gasteiger partial charge in [0.1, 0.15) is 5.82 Å². The molecule has 1 fully saturated rings. The molecule has 4 nitrogen and oxygen atoms in total. The zero-order valence-electron chi connectivity index (χ0n) is 12.2. The van der Waals surface area contributed by atoms with Gasteiger partial charge in [-0.15, -0.1) is 10.2 Å². The van der Waals surface area contributed by atoms with Crippen molar-refractivity contribution in [2.24, 2.45) is 0 Å². The molecular formula is C16H17FN4S. The van der Waals surface area contributed by atoms with Crippen LogP contribution in [0.2, 0.25) is 0 Å². The number of unbranched alkanes of at least 4 members (excludes halogenated alkanes) is 2. The highest BCUT2D eigenvalue weighted by Crippen LogP contribution is 2.41. The summed E-state index contributed by atoms with van der Waals surface area (Å²) in [4.78, 5) is 0. The summed E-state index contributed by atoms with van der Waals surface area (Å²) in [5, 5.41) is 17.9. The monoisotopic (exact) mass is 316 g/mol. The number of hydrogen-bond donors (Lipinski definition) is 0. The zero-order valence-corrected chi connectivity index (χ0v) is 13.0. The van der Waals surface area contributed by atoms with E-state index in [1.54, 1.807) is 23.9 Å². The summed E-state index contributed by atoms with van der Waals surface area (Å²) in [6.45, 7) is 0. The molecule has 0 spiro atoms. The molecule has 0 N–H and O–H groups in total. The first kappa shape index (κ1) is 15.0. The van der Waals surface area contributed by atoms with Crippen molar-refractivity contribution in [2.45, 2.75) is 43.3 Å². The maximum Gasteiger partial charge on any atom is 0.191 e. The van der Waals surface area contributed by atoms with E-state index >= 15 is 0 Å². The van der Waals surface area contributed by atoms with E-state index in [1.807, 2.05) is 6.07 Å². The van der Waals surface area contributed by atoms with Crippen LogP contribution in [-0.2, 0) is 0 Å². The first-order valence-electron chi connectivity index (χ1n) is 7.51. The summed E-state index contributed by atoms with van der Waals surface area (Å²) in [5.41, 5.74) is 0.512. The van der Waals surface area contributed by atoms with Gasteiger partial charge in [0.15, 0.2) is 11.0 Å². The molecule has 1 saturated carbocycles. The third-order valence-electron chi connectivity index (χ3n) is 3.61. The lowest BCUT2D eigenvalue weighted by molar-refractivity contribution is 0.622. The second kappa shape index (κ2) is 6.93. The quantitative estimate of drug-likeness (QED) is 0.567. The smallest absolute Gasteiger partial charge is 0.191 e. The van der Waals surface area contributed by atoms with Crippen LogP contribution in [0.5, 0.6) is 0 Å². The molecule has 22 heavy (non-hydrogen) atoms. The van der Waals surface area contributed by atoms with Crippen LogP contribution in [0.4, 0.5) is 4.39 Å². The fourth-order valence-corrected chi connectivity index (χ4v) is 3.34. The lowest BCUT2D eigenvalue weighted by atomic mass is 10.2. The fourth-order valence-electron chi connectivity index (χ4n) is 2.33. The van der Waals surface area contributed by atoms with Gasteiger partial charge in [0.2, 0.25) is 0 Å². The normalized spacial score (nSPS) is 14.0. The number of aromatic nitrogens is 3. The first-order valence-corrected chi connectivity index (χ1v) is 8.49. The molecule has 1 aromatic heterocycles. The van der Waals surface area contributed by atoms with Crippen LogP contribution in [0.15, 0.2) is 29.4 Å². The Bertz CT molecular complexity index is 688. The number of hydrogen-bond acceptors (Lipinski definition) is 4. The lowest BCUT2D eigenvalue weighted by Gasteiger charge is -2.09. The Morgan fingerprint density at radius 2 is 2.09 bits per heavy atom. The van der Waals surface area contributed by atoms with Gasteiger partial charge < -0.3 is 0 Å². The topological polar surface area (TPSA) is 54.5 Å². The van der Waals surface area contributed by atoms with Crippen molar-refractivity contribution in [2.75, 3.05) is 5.75 Å². The summed E-state index contributed by atoms with van der Waals surface area (Å²) in [5.74, 6) is 1.27. The average Bonchev–Trinajstić information content (AvgIpc) is 3.28. The predicted octanol–water partition coefficient (Wildman–Crippen LogP) is 4.21. The molecule has 0 unspecified atom stereocenters. The van der Waals surface area contributed by atoms with Crippen LogP contribution in [-0.4, -0.2) is 20.5 Å². The van der Waals surface area contributed by atoms with Gasteiger partial charge in [-0.3, -0.25) is 4.57 Å². The predicted molar refractivity (Wildman–Crippen MR) is 83.9 cm³/mol. The Kier molecular flexibility index (Phi) is 4.74. The van der Waals surface area contributed by atoms with Crippen molar-refractivity contribution in [1.29, 1.82) is 5.26 Å². The number of nitrogens with zero attached hydrogens (tertiary/aromatic N) is 4. The highest BCUT2D eigenvalue weighted by Gasteiger charge is 2.30. The molecule has 1 heterocycles. The van der Waals surface area contributed by atoms with Gasteiger partial charge >= 0.3 is 0 Å². The van der Waals surface area contributed by atoms with E-state index in [0.29, 0.717) is 23.9 Å². The molecule has 0 radical (unpaired) electrons. The zero-order chi connectivity index (χ0) is 15.4. The molecule has 0 saturated heterocycles. The second-order valence-electron chi connectivity index (χ2n) is 5.35. The first-order chi connectivity index (χ1) is 10.8. The SMILES string of the molecule is N#CCCCCSc1nnc(-c2ccccc2F)n1C1CC1. The van der Waals surface area contributed by atoms with Gasteiger partial charge in [0.25, 0.3) is 0 Å².